The summed E-state index contributed by atoms with van der Waals surface area (Å²) in [7, 11) is 0. The maximum Gasteiger partial charge on any atom is 0.00699 e. The van der Waals surface area contributed by atoms with Crippen LogP contribution < -0.4 is 5.73 Å². The molecule has 4 atom stereocenters. The van der Waals surface area contributed by atoms with E-state index in [0.717, 1.165) is 17.8 Å². The average molecular weight is 141 g/mol. The Labute approximate surface area is 64.0 Å². The maximum absolute atomic E-state index is 5.93. The Morgan fingerprint density at radius 3 is 2.10 bits per heavy atom. The van der Waals surface area contributed by atoms with Crippen molar-refractivity contribution in [2.24, 2.45) is 23.5 Å². The third-order valence-corrected chi connectivity index (χ3v) is 3.35. The van der Waals surface area contributed by atoms with Crippen molar-refractivity contribution in [3.05, 3.63) is 0 Å². The Hall–Kier alpha value is -0.0400. The van der Waals surface area contributed by atoms with Crippen LogP contribution in [0.1, 0.15) is 33.6 Å². The Balaban J connectivity index is 2.53. The number of rotatable bonds is 1. The molecule has 1 fully saturated rings. The van der Waals surface area contributed by atoms with Gasteiger partial charge in [-0.1, -0.05) is 27.2 Å². The van der Waals surface area contributed by atoms with Gasteiger partial charge in [0.1, 0.15) is 0 Å². The summed E-state index contributed by atoms with van der Waals surface area (Å²) in [6, 6.07) is 0.472. The molecule has 0 saturated heterocycles. The summed E-state index contributed by atoms with van der Waals surface area (Å²) < 4.78 is 0. The van der Waals surface area contributed by atoms with Crippen molar-refractivity contribution < 1.29 is 0 Å². The minimum Gasteiger partial charge on any atom is -0.327 e. The molecule has 1 aliphatic carbocycles. The van der Waals surface area contributed by atoms with E-state index >= 15 is 0 Å². The third kappa shape index (κ3) is 1.20. The number of nitrogens with two attached hydrogens (primary N) is 1. The lowest BCUT2D eigenvalue weighted by Crippen LogP contribution is -2.24. The SMILES string of the molecule is CC[C@H]1C[C@H](N)C(C)C1C. The fraction of sp³-hybridized carbons (Fsp3) is 1.00. The molecule has 0 spiro atoms. The van der Waals surface area contributed by atoms with Crippen molar-refractivity contribution in [1.29, 1.82) is 0 Å². The molecule has 60 valence electrons. The van der Waals surface area contributed by atoms with Crippen LogP contribution in [0.15, 0.2) is 0 Å². The molecule has 0 aliphatic heterocycles. The van der Waals surface area contributed by atoms with Gasteiger partial charge < -0.3 is 5.73 Å². The van der Waals surface area contributed by atoms with Crippen LogP contribution in [0, 0.1) is 17.8 Å². The third-order valence-electron chi connectivity index (χ3n) is 3.35. The minimum atomic E-state index is 0.472. The van der Waals surface area contributed by atoms with Crippen LogP contribution in [0.3, 0.4) is 0 Å². The molecular weight excluding hydrogens is 122 g/mol. The highest BCUT2D eigenvalue weighted by molar-refractivity contribution is 4.87. The van der Waals surface area contributed by atoms with E-state index in [2.05, 4.69) is 20.8 Å². The fourth-order valence-electron chi connectivity index (χ4n) is 2.14. The molecule has 2 unspecified atom stereocenters. The molecule has 0 bridgehead atoms. The lowest BCUT2D eigenvalue weighted by atomic mass is 9.91. The first-order valence-corrected chi connectivity index (χ1v) is 4.42. The molecule has 10 heavy (non-hydrogen) atoms. The van der Waals surface area contributed by atoms with Crippen LogP contribution in [0.5, 0.6) is 0 Å². The first-order valence-electron chi connectivity index (χ1n) is 4.42. The predicted molar refractivity (Wildman–Crippen MR) is 44.7 cm³/mol. The van der Waals surface area contributed by atoms with E-state index in [4.69, 9.17) is 5.73 Å². The second kappa shape index (κ2) is 2.91. The van der Waals surface area contributed by atoms with Crippen molar-refractivity contribution in [3.63, 3.8) is 0 Å². The van der Waals surface area contributed by atoms with Crippen LogP contribution >= 0.6 is 0 Å². The lowest BCUT2D eigenvalue weighted by Gasteiger charge is -2.16. The summed E-state index contributed by atoms with van der Waals surface area (Å²) in [4.78, 5) is 0. The summed E-state index contributed by atoms with van der Waals surface area (Å²) in [5.41, 5.74) is 5.93. The van der Waals surface area contributed by atoms with Crippen LogP contribution in [0.4, 0.5) is 0 Å². The minimum absolute atomic E-state index is 0.472. The van der Waals surface area contributed by atoms with Gasteiger partial charge in [0.15, 0.2) is 0 Å². The van der Waals surface area contributed by atoms with E-state index in [1.54, 1.807) is 0 Å². The zero-order valence-electron chi connectivity index (χ0n) is 7.30. The lowest BCUT2D eigenvalue weighted by molar-refractivity contribution is 0.344. The van der Waals surface area contributed by atoms with Crippen LogP contribution in [-0.4, -0.2) is 6.04 Å². The van der Waals surface area contributed by atoms with Gasteiger partial charge in [0.05, 0.1) is 0 Å². The molecule has 1 saturated carbocycles. The molecule has 0 aromatic rings. The molecule has 1 rings (SSSR count). The van der Waals surface area contributed by atoms with Gasteiger partial charge in [-0.15, -0.1) is 0 Å². The van der Waals surface area contributed by atoms with Crippen molar-refractivity contribution in [3.8, 4) is 0 Å². The normalized spacial score (nSPS) is 48.0. The second-order valence-electron chi connectivity index (χ2n) is 3.79. The van der Waals surface area contributed by atoms with E-state index in [1.165, 1.54) is 12.8 Å². The monoisotopic (exact) mass is 141 g/mol. The molecule has 1 aliphatic rings. The summed E-state index contributed by atoms with van der Waals surface area (Å²) in [5, 5.41) is 0. The van der Waals surface area contributed by atoms with Crippen molar-refractivity contribution in [2.75, 3.05) is 0 Å². The number of hydrogen-bond donors (Lipinski definition) is 1. The molecule has 1 nitrogen and oxygen atoms in total. The Morgan fingerprint density at radius 2 is 1.90 bits per heavy atom. The van der Waals surface area contributed by atoms with Crippen molar-refractivity contribution >= 4 is 0 Å². The molecule has 0 heterocycles. The van der Waals surface area contributed by atoms with Gasteiger partial charge >= 0.3 is 0 Å². The molecule has 2 N–H and O–H groups in total. The van der Waals surface area contributed by atoms with E-state index in [9.17, 15) is 0 Å². The van der Waals surface area contributed by atoms with Gasteiger partial charge in [-0.3, -0.25) is 0 Å². The first-order chi connectivity index (χ1) is 4.66. The Kier molecular flexibility index (Phi) is 2.35. The highest BCUT2D eigenvalue weighted by Crippen LogP contribution is 2.37. The highest BCUT2D eigenvalue weighted by Gasteiger charge is 2.34. The van der Waals surface area contributed by atoms with E-state index in [0.29, 0.717) is 6.04 Å². The van der Waals surface area contributed by atoms with Gasteiger partial charge in [-0.2, -0.15) is 0 Å². The smallest absolute Gasteiger partial charge is 0.00699 e. The molecule has 0 aromatic heterocycles. The van der Waals surface area contributed by atoms with Crippen LogP contribution in [0.25, 0.3) is 0 Å². The van der Waals surface area contributed by atoms with Gasteiger partial charge in [-0.05, 0) is 24.2 Å². The second-order valence-corrected chi connectivity index (χ2v) is 3.79. The number of hydrogen-bond acceptors (Lipinski definition) is 1. The highest BCUT2D eigenvalue weighted by atomic mass is 14.7. The van der Waals surface area contributed by atoms with Crippen molar-refractivity contribution in [2.45, 2.75) is 39.7 Å². The standard InChI is InChI=1S/C9H19N/c1-4-8-5-9(10)7(3)6(8)2/h6-9H,4-5,10H2,1-3H3/t6?,7?,8-,9-/m0/s1. The Bertz CT molecular complexity index is 111. The molecule has 1 heteroatoms. The summed E-state index contributed by atoms with van der Waals surface area (Å²) in [6.07, 6.45) is 2.55. The zero-order valence-corrected chi connectivity index (χ0v) is 7.30. The largest absolute Gasteiger partial charge is 0.327 e. The summed E-state index contributed by atoms with van der Waals surface area (Å²) >= 11 is 0. The van der Waals surface area contributed by atoms with Gasteiger partial charge in [0.2, 0.25) is 0 Å². The van der Waals surface area contributed by atoms with E-state index < -0.39 is 0 Å². The van der Waals surface area contributed by atoms with Gasteiger partial charge in [0.25, 0.3) is 0 Å². The topological polar surface area (TPSA) is 26.0 Å². The summed E-state index contributed by atoms with van der Waals surface area (Å²) in [6.45, 7) is 6.89. The quantitative estimate of drug-likeness (QED) is 0.594. The van der Waals surface area contributed by atoms with Crippen molar-refractivity contribution in [1.82, 2.24) is 0 Å². The zero-order chi connectivity index (χ0) is 7.72. The van der Waals surface area contributed by atoms with E-state index in [1.807, 2.05) is 0 Å². The van der Waals surface area contributed by atoms with Gasteiger partial charge in [-0.25, -0.2) is 0 Å². The molecule has 0 radical (unpaired) electrons. The van der Waals surface area contributed by atoms with E-state index in [-0.39, 0.29) is 0 Å². The average Bonchev–Trinajstić information content (AvgIpc) is 2.17. The molecular formula is C9H19N. The first kappa shape index (κ1) is 8.06. The summed E-state index contributed by atoms with van der Waals surface area (Å²) in [5.74, 6) is 2.48. The molecule has 0 amide bonds. The fourth-order valence-corrected chi connectivity index (χ4v) is 2.14. The Morgan fingerprint density at radius 1 is 1.30 bits per heavy atom. The predicted octanol–water partition coefficient (Wildman–Crippen LogP) is 2.02. The maximum atomic E-state index is 5.93. The van der Waals surface area contributed by atoms with Gasteiger partial charge in [0, 0.05) is 6.04 Å². The molecule has 0 aromatic carbocycles. The van der Waals surface area contributed by atoms with Crippen LogP contribution in [0.2, 0.25) is 0 Å². The van der Waals surface area contributed by atoms with Crippen LogP contribution in [-0.2, 0) is 0 Å².